The Balaban J connectivity index is 1.53. The molecule has 3 aromatic rings. The topological polar surface area (TPSA) is 72.0 Å². The van der Waals surface area contributed by atoms with Crippen molar-refractivity contribution in [2.75, 3.05) is 54.0 Å². The van der Waals surface area contributed by atoms with Crippen LogP contribution in [0.15, 0.2) is 48.5 Å². The van der Waals surface area contributed by atoms with E-state index in [0.29, 0.717) is 13.1 Å². The van der Waals surface area contributed by atoms with Crippen LogP contribution in [0, 0.1) is 0 Å². The number of methoxy groups -OCH3 is 1. The van der Waals surface area contributed by atoms with Crippen LogP contribution in [-0.4, -0.2) is 84.7 Å². The lowest BCUT2D eigenvalue weighted by Crippen LogP contribution is -2.56. The van der Waals surface area contributed by atoms with E-state index in [9.17, 15) is 9.90 Å². The zero-order chi connectivity index (χ0) is 24.6. The van der Waals surface area contributed by atoms with E-state index in [2.05, 4.69) is 46.3 Å². The van der Waals surface area contributed by atoms with Crippen molar-refractivity contribution in [1.29, 1.82) is 0 Å². The monoisotopic (exact) mass is 476 g/mol. The molecule has 7 heteroatoms. The maximum absolute atomic E-state index is 13.4. The predicted molar refractivity (Wildman–Crippen MR) is 138 cm³/mol. The number of likely N-dealkylation sites (tertiary alicyclic amines) is 1. The molecule has 7 nitrogen and oxygen atoms in total. The van der Waals surface area contributed by atoms with Crippen molar-refractivity contribution in [2.45, 2.75) is 30.8 Å². The van der Waals surface area contributed by atoms with E-state index in [0.717, 1.165) is 49.4 Å². The largest absolute Gasteiger partial charge is 0.497 e. The summed E-state index contributed by atoms with van der Waals surface area (Å²) in [5, 5.41) is 11.6. The molecule has 2 aliphatic rings. The van der Waals surface area contributed by atoms with E-state index in [1.165, 1.54) is 16.5 Å². The summed E-state index contributed by atoms with van der Waals surface area (Å²) in [4.78, 5) is 23.3. The van der Waals surface area contributed by atoms with Crippen LogP contribution in [0.5, 0.6) is 5.75 Å². The summed E-state index contributed by atoms with van der Waals surface area (Å²) in [5.74, 6) is 0.853. The number of rotatable bonds is 6. The first-order valence-electron chi connectivity index (χ1n) is 12.5. The molecule has 1 spiro atoms. The number of hydrogen-bond acceptors (Lipinski definition) is 5. The molecule has 0 unspecified atom stereocenters. The molecule has 1 saturated heterocycles. The first kappa shape index (κ1) is 23.9. The summed E-state index contributed by atoms with van der Waals surface area (Å²) in [6.07, 6.45) is 1.94. The zero-order valence-electron chi connectivity index (χ0n) is 21.0. The number of aromatic nitrogens is 1. The highest BCUT2D eigenvalue weighted by Crippen LogP contribution is 2.49. The summed E-state index contributed by atoms with van der Waals surface area (Å²) < 4.78 is 5.47. The molecule has 0 bridgehead atoms. The molecule has 5 rings (SSSR count). The van der Waals surface area contributed by atoms with Gasteiger partial charge in [0.15, 0.2) is 0 Å². The van der Waals surface area contributed by atoms with Crippen LogP contribution in [0.2, 0.25) is 0 Å². The van der Waals surface area contributed by atoms with Gasteiger partial charge in [0.25, 0.3) is 0 Å². The molecule has 1 fully saturated rings. The molecule has 0 saturated carbocycles. The Morgan fingerprint density at radius 3 is 2.57 bits per heavy atom. The highest BCUT2D eigenvalue weighted by atomic mass is 16.5. The van der Waals surface area contributed by atoms with Gasteiger partial charge >= 0.3 is 0 Å². The zero-order valence-corrected chi connectivity index (χ0v) is 21.0. The number of piperidine rings is 1. The lowest BCUT2D eigenvalue weighted by Gasteiger charge is -2.50. The third kappa shape index (κ3) is 4.44. The van der Waals surface area contributed by atoms with Crippen LogP contribution in [0.3, 0.4) is 0 Å². The number of hydrogen-bond donors (Lipinski definition) is 2. The van der Waals surface area contributed by atoms with Gasteiger partial charge in [-0.25, -0.2) is 0 Å². The summed E-state index contributed by atoms with van der Waals surface area (Å²) in [6, 6.07) is 16.4. The number of nitrogens with one attached hydrogen (secondary N) is 1. The second-order valence-electron chi connectivity index (χ2n) is 10.3. The summed E-state index contributed by atoms with van der Waals surface area (Å²) >= 11 is 0. The molecule has 3 heterocycles. The fourth-order valence-electron chi connectivity index (χ4n) is 6.02. The Hall–Kier alpha value is -2.87. The normalized spacial score (nSPS) is 19.9. The molecular formula is C28H36N4O3. The SMILES string of the molecule is COc1ccc2c3c([nH]c2c1)[C@H](CO)N(C(=O)CN(C)C)CC31CCN(Cc2ccccc2)CC1. The predicted octanol–water partition coefficient (Wildman–Crippen LogP) is 3.15. The van der Waals surface area contributed by atoms with Crippen molar-refractivity contribution in [3.8, 4) is 5.75 Å². The number of aliphatic hydroxyl groups excluding tert-OH is 1. The van der Waals surface area contributed by atoms with Crippen LogP contribution >= 0.6 is 0 Å². The first-order valence-corrected chi connectivity index (χ1v) is 12.5. The van der Waals surface area contributed by atoms with E-state index in [1.807, 2.05) is 36.0 Å². The van der Waals surface area contributed by atoms with E-state index in [-0.39, 0.29) is 24.0 Å². The second-order valence-corrected chi connectivity index (χ2v) is 10.3. The van der Waals surface area contributed by atoms with E-state index >= 15 is 0 Å². The lowest BCUT2D eigenvalue weighted by molar-refractivity contribution is -0.138. The number of likely N-dealkylation sites (N-methyl/N-ethyl adjacent to an activating group) is 1. The number of aromatic amines is 1. The number of aliphatic hydroxyl groups is 1. The Kier molecular flexibility index (Phi) is 6.57. The van der Waals surface area contributed by atoms with Gasteiger partial charge in [0.1, 0.15) is 5.75 Å². The Labute approximate surface area is 207 Å². The van der Waals surface area contributed by atoms with Gasteiger partial charge in [0.05, 0.1) is 26.3 Å². The molecule has 1 amide bonds. The van der Waals surface area contributed by atoms with Crippen LogP contribution in [0.1, 0.15) is 35.7 Å². The Morgan fingerprint density at radius 1 is 1.17 bits per heavy atom. The van der Waals surface area contributed by atoms with Gasteiger partial charge in [0, 0.05) is 41.2 Å². The van der Waals surface area contributed by atoms with Gasteiger partial charge in [-0.3, -0.25) is 9.69 Å². The van der Waals surface area contributed by atoms with Crippen LogP contribution < -0.4 is 4.74 Å². The highest BCUT2D eigenvalue weighted by molar-refractivity contribution is 5.89. The quantitative estimate of drug-likeness (QED) is 0.572. The number of nitrogens with zero attached hydrogens (tertiary/aromatic N) is 3. The molecule has 2 N–H and O–H groups in total. The number of H-pyrrole nitrogens is 1. The Bertz CT molecular complexity index is 1180. The summed E-state index contributed by atoms with van der Waals surface area (Å²) in [6.45, 7) is 3.74. The average molecular weight is 477 g/mol. The third-order valence-electron chi connectivity index (χ3n) is 7.75. The molecular weight excluding hydrogens is 440 g/mol. The van der Waals surface area contributed by atoms with Crippen molar-refractivity contribution in [3.63, 3.8) is 0 Å². The number of fused-ring (bicyclic) bond motifs is 4. The van der Waals surface area contributed by atoms with Crippen molar-refractivity contribution in [3.05, 3.63) is 65.4 Å². The van der Waals surface area contributed by atoms with E-state index in [1.54, 1.807) is 7.11 Å². The summed E-state index contributed by atoms with van der Waals surface area (Å²) in [5.41, 5.74) is 4.44. The van der Waals surface area contributed by atoms with Crippen LogP contribution in [0.25, 0.3) is 10.9 Å². The molecule has 186 valence electrons. The first-order chi connectivity index (χ1) is 16.9. The smallest absolute Gasteiger partial charge is 0.237 e. The maximum atomic E-state index is 13.4. The maximum Gasteiger partial charge on any atom is 0.237 e. The fourth-order valence-corrected chi connectivity index (χ4v) is 6.02. The minimum Gasteiger partial charge on any atom is -0.497 e. The molecule has 1 atom stereocenters. The van der Waals surface area contributed by atoms with Gasteiger partial charge in [-0.2, -0.15) is 0 Å². The van der Waals surface area contributed by atoms with Crippen molar-refractivity contribution >= 4 is 16.8 Å². The average Bonchev–Trinajstić information content (AvgIpc) is 3.25. The minimum absolute atomic E-state index is 0.0574. The number of ether oxygens (including phenoxy) is 1. The molecule has 2 aromatic carbocycles. The van der Waals surface area contributed by atoms with Crippen molar-refractivity contribution < 1.29 is 14.6 Å². The molecule has 2 aliphatic heterocycles. The van der Waals surface area contributed by atoms with Gasteiger partial charge in [-0.15, -0.1) is 0 Å². The standard InChI is InChI=1S/C28H36N4O3/c1-30(2)17-25(34)32-19-28(11-13-31(14-12-28)16-20-7-5-4-6-8-20)26-22-10-9-21(35-3)15-23(22)29-27(26)24(32)18-33/h4-10,15,24,29,33H,11-14,16-19H2,1-3H3/t24-/m0/s1. The third-order valence-corrected chi connectivity index (χ3v) is 7.75. The van der Waals surface area contributed by atoms with Crippen LogP contribution in [0.4, 0.5) is 0 Å². The Morgan fingerprint density at radius 2 is 1.91 bits per heavy atom. The molecule has 0 radical (unpaired) electrons. The second kappa shape index (κ2) is 9.64. The molecule has 1 aromatic heterocycles. The van der Waals surface area contributed by atoms with E-state index < -0.39 is 0 Å². The van der Waals surface area contributed by atoms with Crippen molar-refractivity contribution in [1.82, 2.24) is 19.7 Å². The number of benzene rings is 2. The number of amides is 1. The number of carbonyl (C=O) groups is 1. The van der Waals surface area contributed by atoms with Gasteiger partial charge in [-0.05, 0) is 63.3 Å². The number of carbonyl (C=O) groups excluding carboxylic acids is 1. The van der Waals surface area contributed by atoms with Crippen LogP contribution in [-0.2, 0) is 16.8 Å². The molecule has 35 heavy (non-hydrogen) atoms. The summed E-state index contributed by atoms with van der Waals surface area (Å²) in [7, 11) is 5.49. The van der Waals surface area contributed by atoms with Gasteiger partial charge in [-0.1, -0.05) is 30.3 Å². The van der Waals surface area contributed by atoms with Gasteiger partial charge in [0.2, 0.25) is 5.91 Å². The fraction of sp³-hybridized carbons (Fsp3) is 0.464. The van der Waals surface area contributed by atoms with Crippen molar-refractivity contribution in [2.24, 2.45) is 0 Å². The lowest BCUT2D eigenvalue weighted by atomic mass is 9.68. The van der Waals surface area contributed by atoms with E-state index in [4.69, 9.17) is 4.74 Å². The highest BCUT2D eigenvalue weighted by Gasteiger charge is 2.48. The van der Waals surface area contributed by atoms with Gasteiger partial charge < -0.3 is 24.6 Å². The minimum atomic E-state index is -0.371. The molecule has 0 aliphatic carbocycles.